The van der Waals surface area contributed by atoms with E-state index in [1.165, 1.54) is 27.0 Å². The van der Waals surface area contributed by atoms with E-state index < -0.39 is 42.5 Å². The Balaban J connectivity index is 2.14. The molecule has 0 aliphatic carbocycles. The highest BCUT2D eigenvalue weighted by Gasteiger charge is 2.34. The van der Waals surface area contributed by atoms with Crippen LogP contribution in [-0.2, 0) is 38.1 Å². The molecule has 0 bridgehead atoms. The predicted molar refractivity (Wildman–Crippen MR) is 92.3 cm³/mol. The van der Waals surface area contributed by atoms with E-state index >= 15 is 0 Å². The molecule has 0 radical (unpaired) electrons. The molecule has 146 valence electrons. The van der Waals surface area contributed by atoms with Gasteiger partial charge in [0.25, 0.3) is 0 Å². The van der Waals surface area contributed by atoms with E-state index in [9.17, 15) is 14.4 Å². The van der Waals surface area contributed by atoms with Crippen molar-refractivity contribution in [2.45, 2.75) is 38.4 Å². The Morgan fingerprint density at radius 1 is 1.07 bits per heavy atom. The van der Waals surface area contributed by atoms with E-state index in [0.29, 0.717) is 5.56 Å². The molecule has 0 aromatic heterocycles. The molecule has 0 spiro atoms. The average Bonchev–Trinajstić information content (AvgIpc) is 2.65. The zero-order chi connectivity index (χ0) is 19.8. The molecular formula is C19H22O8. The first-order valence-corrected chi connectivity index (χ1v) is 8.33. The Morgan fingerprint density at radius 2 is 1.78 bits per heavy atom. The monoisotopic (exact) mass is 378 g/mol. The quantitative estimate of drug-likeness (QED) is 0.402. The highest BCUT2D eigenvalue weighted by atomic mass is 16.7. The molecule has 0 fully saturated rings. The molecule has 4 atom stereocenters. The van der Waals surface area contributed by atoms with Crippen LogP contribution in [0.5, 0.6) is 0 Å². The molecule has 27 heavy (non-hydrogen) atoms. The van der Waals surface area contributed by atoms with Gasteiger partial charge in [0.2, 0.25) is 0 Å². The third kappa shape index (κ3) is 6.19. The van der Waals surface area contributed by atoms with Crippen LogP contribution in [0.15, 0.2) is 42.5 Å². The molecule has 0 N–H and O–H groups in total. The van der Waals surface area contributed by atoms with Crippen molar-refractivity contribution < 1.29 is 38.1 Å². The van der Waals surface area contributed by atoms with E-state index in [2.05, 4.69) is 0 Å². The fourth-order valence-electron chi connectivity index (χ4n) is 2.48. The van der Waals surface area contributed by atoms with Crippen LogP contribution in [-0.4, -0.2) is 50.1 Å². The molecule has 1 aliphatic rings. The standard InChI is InChI=1S/C19H22O8/c1-12(20)24-11-16-15(25-13(2)21)9-10-17(26-16)27-18(19(22)23-3)14-7-5-4-6-8-14/h4-10,15-18H,11H2,1-3H3/t15-,16+,17+,18+/m0/s1. The highest BCUT2D eigenvalue weighted by molar-refractivity contribution is 5.76. The molecule has 1 aromatic carbocycles. The van der Waals surface area contributed by atoms with Crippen molar-refractivity contribution >= 4 is 17.9 Å². The van der Waals surface area contributed by atoms with Gasteiger partial charge in [-0.25, -0.2) is 4.79 Å². The first kappa shape index (κ1) is 20.6. The van der Waals surface area contributed by atoms with Gasteiger partial charge in [0.15, 0.2) is 12.4 Å². The summed E-state index contributed by atoms with van der Waals surface area (Å²) in [6.07, 6.45) is -0.358. The van der Waals surface area contributed by atoms with Crippen LogP contribution in [0.2, 0.25) is 0 Å². The number of benzene rings is 1. The molecule has 8 nitrogen and oxygen atoms in total. The van der Waals surface area contributed by atoms with E-state index in [1.807, 2.05) is 6.07 Å². The minimum absolute atomic E-state index is 0.133. The van der Waals surface area contributed by atoms with Crippen LogP contribution in [0.4, 0.5) is 0 Å². The van der Waals surface area contributed by atoms with Gasteiger partial charge in [-0.15, -0.1) is 0 Å². The number of esters is 3. The lowest BCUT2D eigenvalue weighted by Gasteiger charge is -2.32. The van der Waals surface area contributed by atoms with E-state index in [-0.39, 0.29) is 6.61 Å². The van der Waals surface area contributed by atoms with Crippen LogP contribution in [0.3, 0.4) is 0 Å². The van der Waals surface area contributed by atoms with Crippen molar-refractivity contribution in [3.8, 4) is 0 Å². The first-order valence-electron chi connectivity index (χ1n) is 8.33. The molecular weight excluding hydrogens is 356 g/mol. The Morgan fingerprint density at radius 3 is 2.37 bits per heavy atom. The minimum Gasteiger partial charge on any atom is -0.467 e. The molecule has 8 heteroatoms. The van der Waals surface area contributed by atoms with Crippen molar-refractivity contribution in [2.75, 3.05) is 13.7 Å². The molecule has 1 aliphatic heterocycles. The molecule has 0 amide bonds. The molecule has 0 saturated carbocycles. The van der Waals surface area contributed by atoms with Crippen LogP contribution in [0, 0.1) is 0 Å². The van der Waals surface area contributed by atoms with Gasteiger partial charge in [-0.05, 0) is 17.7 Å². The summed E-state index contributed by atoms with van der Waals surface area (Å²) in [5, 5.41) is 0. The zero-order valence-electron chi connectivity index (χ0n) is 15.3. The third-order valence-electron chi connectivity index (χ3n) is 3.67. The third-order valence-corrected chi connectivity index (χ3v) is 3.67. The van der Waals surface area contributed by atoms with Crippen LogP contribution >= 0.6 is 0 Å². The number of rotatable bonds is 7. The predicted octanol–water partition coefficient (Wildman–Crippen LogP) is 1.69. The maximum atomic E-state index is 12.1. The second-order valence-electron chi connectivity index (χ2n) is 5.75. The van der Waals surface area contributed by atoms with E-state index in [1.54, 1.807) is 30.3 Å². The number of methoxy groups -OCH3 is 1. The van der Waals surface area contributed by atoms with Crippen LogP contribution in [0.1, 0.15) is 25.5 Å². The van der Waals surface area contributed by atoms with Gasteiger partial charge < -0.3 is 23.7 Å². The Labute approximate surface area is 157 Å². The summed E-state index contributed by atoms with van der Waals surface area (Å²) in [5.41, 5.74) is 0.597. The lowest BCUT2D eigenvalue weighted by molar-refractivity contribution is -0.216. The number of carbonyl (C=O) groups is 3. The van der Waals surface area contributed by atoms with Gasteiger partial charge in [-0.2, -0.15) is 0 Å². The topological polar surface area (TPSA) is 97.4 Å². The summed E-state index contributed by atoms with van der Waals surface area (Å²) in [6, 6.07) is 8.81. The summed E-state index contributed by atoms with van der Waals surface area (Å²) in [5.74, 6) is -1.59. The SMILES string of the molecule is COC(=O)[C@H](O[C@@H]1C=C[C@H](OC(C)=O)[C@@H](COC(C)=O)O1)c1ccccc1. The summed E-state index contributed by atoms with van der Waals surface area (Å²) in [7, 11) is 1.26. The van der Waals surface area contributed by atoms with Crippen molar-refractivity contribution in [1.29, 1.82) is 0 Å². The van der Waals surface area contributed by atoms with E-state index in [4.69, 9.17) is 23.7 Å². The van der Waals surface area contributed by atoms with Gasteiger partial charge in [-0.3, -0.25) is 9.59 Å². The second kappa shape index (κ2) is 9.84. The van der Waals surface area contributed by atoms with Crippen molar-refractivity contribution in [2.24, 2.45) is 0 Å². The van der Waals surface area contributed by atoms with Crippen molar-refractivity contribution in [1.82, 2.24) is 0 Å². The number of hydrogen-bond donors (Lipinski definition) is 0. The number of hydrogen-bond acceptors (Lipinski definition) is 8. The maximum absolute atomic E-state index is 12.1. The summed E-state index contributed by atoms with van der Waals surface area (Å²) < 4.78 is 26.4. The second-order valence-corrected chi connectivity index (χ2v) is 5.75. The van der Waals surface area contributed by atoms with Crippen molar-refractivity contribution in [3.05, 3.63) is 48.0 Å². The molecule has 2 rings (SSSR count). The van der Waals surface area contributed by atoms with Crippen molar-refractivity contribution in [3.63, 3.8) is 0 Å². The van der Waals surface area contributed by atoms with Gasteiger partial charge in [0, 0.05) is 13.8 Å². The fraction of sp³-hybridized carbons (Fsp3) is 0.421. The Bertz CT molecular complexity index is 684. The smallest absolute Gasteiger partial charge is 0.339 e. The lowest BCUT2D eigenvalue weighted by Crippen LogP contribution is -2.42. The normalized spacial score (nSPS) is 22.6. The average molecular weight is 378 g/mol. The van der Waals surface area contributed by atoms with Gasteiger partial charge in [0.1, 0.15) is 18.8 Å². The number of carbonyl (C=O) groups excluding carboxylic acids is 3. The van der Waals surface area contributed by atoms with Crippen LogP contribution in [0.25, 0.3) is 0 Å². The summed E-state index contributed by atoms with van der Waals surface area (Å²) in [6.45, 7) is 2.39. The fourth-order valence-corrected chi connectivity index (χ4v) is 2.48. The Kier molecular flexibility index (Phi) is 7.51. The maximum Gasteiger partial charge on any atom is 0.339 e. The van der Waals surface area contributed by atoms with Crippen LogP contribution < -0.4 is 0 Å². The minimum atomic E-state index is -1.01. The molecule has 1 heterocycles. The highest BCUT2D eigenvalue weighted by Crippen LogP contribution is 2.25. The van der Waals surface area contributed by atoms with Gasteiger partial charge in [0.05, 0.1) is 7.11 Å². The zero-order valence-corrected chi connectivity index (χ0v) is 15.3. The first-order chi connectivity index (χ1) is 12.9. The molecule has 0 saturated heterocycles. The van der Waals surface area contributed by atoms with Gasteiger partial charge in [-0.1, -0.05) is 30.3 Å². The molecule has 0 unspecified atom stereocenters. The summed E-state index contributed by atoms with van der Waals surface area (Å²) >= 11 is 0. The Hall–Kier alpha value is -2.71. The largest absolute Gasteiger partial charge is 0.467 e. The van der Waals surface area contributed by atoms with Gasteiger partial charge >= 0.3 is 17.9 Å². The summed E-state index contributed by atoms with van der Waals surface area (Å²) in [4.78, 5) is 34.5. The lowest BCUT2D eigenvalue weighted by atomic mass is 10.1. The van der Waals surface area contributed by atoms with E-state index in [0.717, 1.165) is 0 Å². The molecule has 1 aromatic rings. The number of ether oxygens (including phenoxy) is 5.